The van der Waals surface area contributed by atoms with Gasteiger partial charge in [0.1, 0.15) is 11.5 Å². The molecule has 7 heteroatoms. The molecule has 0 radical (unpaired) electrons. The van der Waals surface area contributed by atoms with Gasteiger partial charge < -0.3 is 5.32 Å². The molecule has 110 valence electrons. The molecule has 2 rings (SSSR count). The minimum Gasteiger partial charge on any atom is -0.305 e. The normalized spacial score (nSPS) is 12.1. The average molecular weight is 297 g/mol. The number of hydrogen-bond acceptors (Lipinski definition) is 4. The summed E-state index contributed by atoms with van der Waals surface area (Å²) in [6.45, 7) is 9.52. The standard InChI is InChI=1S/C13H21ClN6/c1-9-10(12(14)19(5)17-9)7-20-8-15-11(18-20)6-16-13(2,3)4/h8,16H,6-7H2,1-5H3. The molecule has 0 atom stereocenters. The van der Waals surface area contributed by atoms with Crippen LogP contribution in [-0.2, 0) is 20.1 Å². The molecule has 2 aromatic heterocycles. The Bertz CT molecular complexity index is 593. The quantitative estimate of drug-likeness (QED) is 0.936. The van der Waals surface area contributed by atoms with Gasteiger partial charge in [-0.1, -0.05) is 11.6 Å². The fourth-order valence-electron chi connectivity index (χ4n) is 1.85. The summed E-state index contributed by atoms with van der Waals surface area (Å²) in [6.07, 6.45) is 1.72. The van der Waals surface area contributed by atoms with Gasteiger partial charge in [0.25, 0.3) is 0 Å². The molecule has 0 fully saturated rings. The highest BCUT2D eigenvalue weighted by Crippen LogP contribution is 2.19. The van der Waals surface area contributed by atoms with Gasteiger partial charge in [-0.15, -0.1) is 0 Å². The second kappa shape index (κ2) is 5.54. The fraction of sp³-hybridized carbons (Fsp3) is 0.615. The molecule has 0 aromatic carbocycles. The molecule has 0 saturated heterocycles. The number of aromatic nitrogens is 5. The first-order chi connectivity index (χ1) is 9.26. The summed E-state index contributed by atoms with van der Waals surface area (Å²) < 4.78 is 3.46. The minimum absolute atomic E-state index is 0.0503. The smallest absolute Gasteiger partial charge is 0.164 e. The van der Waals surface area contributed by atoms with E-state index in [1.54, 1.807) is 15.7 Å². The first-order valence-corrected chi connectivity index (χ1v) is 6.95. The van der Waals surface area contributed by atoms with Gasteiger partial charge in [0, 0.05) is 18.2 Å². The predicted octanol–water partition coefficient (Wildman–Crippen LogP) is 1.91. The van der Waals surface area contributed by atoms with E-state index >= 15 is 0 Å². The van der Waals surface area contributed by atoms with Crippen molar-refractivity contribution < 1.29 is 0 Å². The van der Waals surface area contributed by atoms with Crippen molar-refractivity contribution in [3.05, 3.63) is 28.6 Å². The Kier molecular flexibility index (Phi) is 4.15. The molecule has 0 aliphatic rings. The van der Waals surface area contributed by atoms with Crippen molar-refractivity contribution >= 4 is 11.6 Å². The van der Waals surface area contributed by atoms with Crippen LogP contribution in [0.1, 0.15) is 37.9 Å². The second-order valence-corrected chi connectivity index (χ2v) is 6.30. The lowest BCUT2D eigenvalue weighted by atomic mass is 10.1. The maximum absolute atomic E-state index is 6.22. The van der Waals surface area contributed by atoms with Crippen molar-refractivity contribution in [2.24, 2.45) is 7.05 Å². The van der Waals surface area contributed by atoms with Gasteiger partial charge in [-0.3, -0.25) is 4.68 Å². The van der Waals surface area contributed by atoms with E-state index in [0.29, 0.717) is 18.2 Å². The number of hydrogen-bond donors (Lipinski definition) is 1. The molecule has 0 aliphatic carbocycles. The van der Waals surface area contributed by atoms with Gasteiger partial charge in [0.05, 0.1) is 18.8 Å². The van der Waals surface area contributed by atoms with Crippen LogP contribution >= 0.6 is 11.6 Å². The molecule has 2 heterocycles. The lowest BCUT2D eigenvalue weighted by Gasteiger charge is -2.19. The molecule has 0 saturated carbocycles. The maximum atomic E-state index is 6.22. The highest BCUT2D eigenvalue weighted by atomic mass is 35.5. The summed E-state index contributed by atoms with van der Waals surface area (Å²) in [5.41, 5.74) is 1.95. The van der Waals surface area contributed by atoms with Gasteiger partial charge in [0.15, 0.2) is 5.82 Å². The third-order valence-corrected chi connectivity index (χ3v) is 3.42. The molecule has 0 spiro atoms. The Labute approximate surface area is 124 Å². The second-order valence-electron chi connectivity index (χ2n) is 5.94. The molecule has 0 amide bonds. The number of nitrogens with zero attached hydrogens (tertiary/aromatic N) is 5. The van der Waals surface area contributed by atoms with Crippen LogP contribution < -0.4 is 5.32 Å². The Hall–Kier alpha value is -1.40. The zero-order chi connectivity index (χ0) is 14.9. The molecule has 6 nitrogen and oxygen atoms in total. The Morgan fingerprint density at radius 1 is 1.30 bits per heavy atom. The third kappa shape index (κ3) is 3.58. The first kappa shape index (κ1) is 15.0. The van der Waals surface area contributed by atoms with Crippen LogP contribution in [0.5, 0.6) is 0 Å². The van der Waals surface area contributed by atoms with Gasteiger partial charge >= 0.3 is 0 Å². The predicted molar refractivity (Wildman–Crippen MR) is 78.7 cm³/mol. The summed E-state index contributed by atoms with van der Waals surface area (Å²) in [5.74, 6) is 0.776. The zero-order valence-corrected chi connectivity index (χ0v) is 13.4. The van der Waals surface area contributed by atoms with Crippen molar-refractivity contribution in [3.63, 3.8) is 0 Å². The van der Waals surface area contributed by atoms with E-state index in [2.05, 4.69) is 41.3 Å². The summed E-state index contributed by atoms with van der Waals surface area (Å²) in [4.78, 5) is 4.30. The van der Waals surface area contributed by atoms with Gasteiger partial charge in [0.2, 0.25) is 0 Å². The van der Waals surface area contributed by atoms with Crippen molar-refractivity contribution in [2.75, 3.05) is 0 Å². The van der Waals surface area contributed by atoms with Crippen LogP contribution in [0.3, 0.4) is 0 Å². The Balaban J connectivity index is 2.06. The average Bonchev–Trinajstić information content (AvgIpc) is 2.87. The molecule has 2 aromatic rings. The zero-order valence-electron chi connectivity index (χ0n) is 12.6. The SMILES string of the molecule is Cc1nn(C)c(Cl)c1Cn1cnc(CNC(C)(C)C)n1. The summed E-state index contributed by atoms with van der Waals surface area (Å²) >= 11 is 6.22. The van der Waals surface area contributed by atoms with Gasteiger partial charge in [-0.25, -0.2) is 9.67 Å². The van der Waals surface area contributed by atoms with Crippen molar-refractivity contribution in [3.8, 4) is 0 Å². The Morgan fingerprint density at radius 2 is 2.00 bits per heavy atom. The van der Waals surface area contributed by atoms with Crippen molar-refractivity contribution in [2.45, 2.75) is 46.3 Å². The first-order valence-electron chi connectivity index (χ1n) is 6.57. The van der Waals surface area contributed by atoms with Crippen LogP contribution in [-0.4, -0.2) is 30.1 Å². The van der Waals surface area contributed by atoms with Crippen molar-refractivity contribution in [1.29, 1.82) is 0 Å². The molecule has 0 aliphatic heterocycles. The van der Waals surface area contributed by atoms with Crippen molar-refractivity contribution in [1.82, 2.24) is 29.9 Å². The fourth-order valence-corrected chi connectivity index (χ4v) is 2.08. The van der Waals surface area contributed by atoms with E-state index in [0.717, 1.165) is 17.1 Å². The largest absolute Gasteiger partial charge is 0.305 e. The van der Waals surface area contributed by atoms with E-state index in [9.17, 15) is 0 Å². The highest BCUT2D eigenvalue weighted by Gasteiger charge is 2.14. The number of aryl methyl sites for hydroxylation is 2. The molecule has 0 unspecified atom stereocenters. The van der Waals surface area contributed by atoms with Crippen LogP contribution in [0.2, 0.25) is 5.15 Å². The van der Waals surface area contributed by atoms with Crippen LogP contribution in [0.15, 0.2) is 6.33 Å². The van der Waals surface area contributed by atoms with E-state index < -0.39 is 0 Å². The lowest BCUT2D eigenvalue weighted by molar-refractivity contribution is 0.417. The lowest BCUT2D eigenvalue weighted by Crippen LogP contribution is -2.35. The summed E-state index contributed by atoms with van der Waals surface area (Å²) in [5, 5.41) is 12.7. The minimum atomic E-state index is 0.0503. The molecular formula is C13H21ClN6. The highest BCUT2D eigenvalue weighted by molar-refractivity contribution is 6.30. The summed E-state index contributed by atoms with van der Waals surface area (Å²) in [7, 11) is 1.83. The van der Waals surface area contributed by atoms with Crippen LogP contribution in [0.25, 0.3) is 0 Å². The van der Waals surface area contributed by atoms with Gasteiger partial charge in [-0.2, -0.15) is 10.2 Å². The Morgan fingerprint density at radius 3 is 2.55 bits per heavy atom. The number of rotatable bonds is 4. The molecule has 0 bridgehead atoms. The maximum Gasteiger partial charge on any atom is 0.164 e. The molecular weight excluding hydrogens is 276 g/mol. The number of halogens is 1. The molecule has 20 heavy (non-hydrogen) atoms. The monoisotopic (exact) mass is 296 g/mol. The van der Waals surface area contributed by atoms with E-state index in [4.69, 9.17) is 11.6 Å². The molecule has 1 N–H and O–H groups in total. The summed E-state index contributed by atoms with van der Waals surface area (Å²) in [6, 6.07) is 0. The van der Waals surface area contributed by atoms with Crippen LogP contribution in [0.4, 0.5) is 0 Å². The van der Waals surface area contributed by atoms with Crippen LogP contribution in [0, 0.1) is 6.92 Å². The van der Waals surface area contributed by atoms with E-state index in [-0.39, 0.29) is 5.54 Å². The number of nitrogens with one attached hydrogen (secondary N) is 1. The third-order valence-electron chi connectivity index (χ3n) is 2.95. The topological polar surface area (TPSA) is 60.6 Å². The van der Waals surface area contributed by atoms with E-state index in [1.165, 1.54) is 0 Å². The van der Waals surface area contributed by atoms with Gasteiger partial charge in [-0.05, 0) is 27.7 Å². The van der Waals surface area contributed by atoms with E-state index in [1.807, 2.05) is 14.0 Å².